The van der Waals surface area contributed by atoms with Crippen molar-refractivity contribution in [2.75, 3.05) is 5.32 Å². The number of carbonyl (C=O) groups is 1. The lowest BCUT2D eigenvalue weighted by Crippen LogP contribution is -2.27. The van der Waals surface area contributed by atoms with E-state index in [1.54, 1.807) is 33.1 Å². The number of carbonyl (C=O) groups excluding carboxylic acids is 1. The molecule has 0 atom stereocenters. The van der Waals surface area contributed by atoms with E-state index >= 15 is 0 Å². The molecule has 164 valence electrons. The van der Waals surface area contributed by atoms with Crippen molar-refractivity contribution in [2.45, 2.75) is 46.1 Å². The summed E-state index contributed by atoms with van der Waals surface area (Å²) < 4.78 is 39.3. The molecule has 1 heterocycles. The summed E-state index contributed by atoms with van der Waals surface area (Å²) in [5, 5.41) is 4.41. The molecule has 3 rings (SSSR count). The Morgan fingerprint density at radius 2 is 2.03 bits per heavy atom. The van der Waals surface area contributed by atoms with Crippen LogP contribution in [0, 0.1) is 5.82 Å². The predicted molar refractivity (Wildman–Crippen MR) is 119 cm³/mol. The summed E-state index contributed by atoms with van der Waals surface area (Å²) in [6.07, 6.45) is 5.96. The molecule has 5 nitrogen and oxygen atoms in total. The molecule has 0 spiro atoms. The van der Waals surface area contributed by atoms with Crippen molar-refractivity contribution in [2.24, 2.45) is 0 Å². The highest BCUT2D eigenvalue weighted by atomic mass is 32.1. The number of nitrogens with zero attached hydrogens (tertiary/aromatic N) is 1. The first kappa shape index (κ1) is 22.7. The third-order valence-corrected chi connectivity index (χ3v) is 4.95. The molecular weight excluding hydrogens is 422 g/mol. The maximum atomic E-state index is 14.4. The zero-order valence-corrected chi connectivity index (χ0v) is 18.6. The van der Waals surface area contributed by atoms with Crippen molar-refractivity contribution >= 4 is 28.7 Å². The molecule has 1 aromatic heterocycles. The van der Waals surface area contributed by atoms with E-state index in [4.69, 9.17) is 9.47 Å². The first-order chi connectivity index (χ1) is 14.6. The largest absolute Gasteiger partial charge is 0.444 e. The van der Waals surface area contributed by atoms with E-state index in [1.165, 1.54) is 29.5 Å². The van der Waals surface area contributed by atoms with E-state index < -0.39 is 17.5 Å². The Hall–Kier alpha value is -3.00. The van der Waals surface area contributed by atoms with Crippen LogP contribution in [0.1, 0.15) is 46.2 Å². The highest BCUT2D eigenvalue weighted by molar-refractivity contribution is 7.11. The van der Waals surface area contributed by atoms with Crippen molar-refractivity contribution in [1.82, 2.24) is 4.98 Å². The minimum atomic E-state index is -0.748. The summed E-state index contributed by atoms with van der Waals surface area (Å²) in [6, 6.07) is 4.04. The number of ether oxygens (including phenoxy) is 2. The van der Waals surface area contributed by atoms with Gasteiger partial charge in [0.05, 0.1) is 11.4 Å². The third kappa shape index (κ3) is 6.49. The number of thiazole rings is 1. The van der Waals surface area contributed by atoms with E-state index in [9.17, 15) is 13.6 Å². The van der Waals surface area contributed by atoms with Crippen molar-refractivity contribution in [3.8, 4) is 10.9 Å². The number of halogens is 2. The molecule has 0 saturated heterocycles. The number of allylic oxidation sites excluding steroid dienone is 6. The monoisotopic (exact) mass is 446 g/mol. The fraction of sp³-hybridized carbons (Fsp3) is 0.304. The van der Waals surface area contributed by atoms with Gasteiger partial charge in [-0.15, -0.1) is 0 Å². The zero-order valence-electron chi connectivity index (χ0n) is 17.8. The minimum absolute atomic E-state index is 0.0242. The minimum Gasteiger partial charge on any atom is -0.444 e. The number of hydrogen-bond donors (Lipinski definition) is 1. The second-order valence-corrected chi connectivity index (χ2v) is 8.86. The summed E-state index contributed by atoms with van der Waals surface area (Å²) >= 11 is 1.22. The molecule has 2 aromatic rings. The molecule has 0 saturated carbocycles. The van der Waals surface area contributed by atoms with Gasteiger partial charge < -0.3 is 9.47 Å². The van der Waals surface area contributed by atoms with Gasteiger partial charge >= 0.3 is 6.09 Å². The van der Waals surface area contributed by atoms with Crippen molar-refractivity contribution < 1.29 is 23.0 Å². The number of nitrogens with one attached hydrogen (secondary N) is 1. The molecular formula is C23H24F2N2O3S. The Kier molecular flexibility index (Phi) is 6.90. The Labute approximate surface area is 184 Å². The molecule has 31 heavy (non-hydrogen) atoms. The van der Waals surface area contributed by atoms with Crippen molar-refractivity contribution in [3.05, 3.63) is 64.7 Å². The van der Waals surface area contributed by atoms with E-state index in [-0.39, 0.29) is 17.3 Å². The van der Waals surface area contributed by atoms with Gasteiger partial charge in [-0.2, -0.15) is 0 Å². The maximum absolute atomic E-state index is 14.4. The van der Waals surface area contributed by atoms with Crippen LogP contribution in [-0.2, 0) is 4.74 Å². The Balaban J connectivity index is 1.71. The first-order valence-electron chi connectivity index (χ1n) is 9.77. The fourth-order valence-electron chi connectivity index (χ4n) is 2.71. The highest BCUT2D eigenvalue weighted by Crippen LogP contribution is 2.32. The summed E-state index contributed by atoms with van der Waals surface area (Å²) in [5.74, 6) is -0.712. The van der Waals surface area contributed by atoms with Crippen LogP contribution in [-0.4, -0.2) is 16.7 Å². The number of rotatable bonds is 4. The van der Waals surface area contributed by atoms with Gasteiger partial charge in [-0.25, -0.2) is 18.6 Å². The summed E-state index contributed by atoms with van der Waals surface area (Å²) in [7, 11) is 0. The van der Waals surface area contributed by atoms with E-state index in [1.807, 2.05) is 12.2 Å². The van der Waals surface area contributed by atoms with E-state index in [0.29, 0.717) is 28.5 Å². The molecule has 0 radical (unpaired) electrons. The molecule has 0 unspecified atom stereocenters. The Bertz CT molecular complexity index is 1070. The number of anilines is 1. The standard InChI is InChI=1S/C23H24F2N2O3S/c1-14-7-5-6-8-15(11-17(14)24)20-13-31-22(27-20)29-16-9-10-19(18(25)12-16)26-21(28)30-23(2,3)4/h6,8-13H,5,7H2,1-4H3,(H,26,28). The summed E-state index contributed by atoms with van der Waals surface area (Å²) in [5.41, 5.74) is 1.20. The number of amides is 1. The van der Waals surface area contributed by atoms with Gasteiger partial charge in [0.2, 0.25) is 0 Å². The summed E-state index contributed by atoms with van der Waals surface area (Å²) in [4.78, 5) is 16.2. The van der Waals surface area contributed by atoms with E-state index in [0.717, 1.165) is 12.5 Å². The van der Waals surface area contributed by atoms with Gasteiger partial charge in [-0.3, -0.25) is 5.32 Å². The first-order valence-corrected chi connectivity index (χ1v) is 10.7. The van der Waals surface area contributed by atoms with Crippen LogP contribution in [0.5, 0.6) is 10.9 Å². The van der Waals surface area contributed by atoms with Gasteiger partial charge in [0.15, 0.2) is 5.82 Å². The molecule has 1 aromatic carbocycles. The van der Waals surface area contributed by atoms with Crippen LogP contribution < -0.4 is 10.1 Å². The van der Waals surface area contributed by atoms with Crippen LogP contribution in [0.4, 0.5) is 19.3 Å². The average molecular weight is 447 g/mol. The van der Waals surface area contributed by atoms with Gasteiger partial charge in [-0.1, -0.05) is 23.5 Å². The average Bonchev–Trinajstić information content (AvgIpc) is 3.11. The highest BCUT2D eigenvalue weighted by Gasteiger charge is 2.18. The van der Waals surface area contributed by atoms with Crippen LogP contribution >= 0.6 is 11.3 Å². The molecule has 0 bridgehead atoms. The second kappa shape index (κ2) is 9.43. The predicted octanol–water partition coefficient (Wildman–Crippen LogP) is 7.40. The normalized spacial score (nSPS) is 14.6. The fourth-order valence-corrected chi connectivity index (χ4v) is 3.41. The smallest absolute Gasteiger partial charge is 0.412 e. The molecule has 8 heteroatoms. The maximum Gasteiger partial charge on any atom is 0.412 e. The Morgan fingerprint density at radius 3 is 2.74 bits per heavy atom. The molecule has 0 fully saturated rings. The van der Waals surface area contributed by atoms with Gasteiger partial charge in [0.25, 0.3) is 5.19 Å². The molecule has 1 aliphatic rings. The topological polar surface area (TPSA) is 60.5 Å². The van der Waals surface area contributed by atoms with Crippen LogP contribution in [0.2, 0.25) is 0 Å². The SMILES string of the molecule is CC1=C(F)C=C(c2csc(Oc3ccc(NC(=O)OC(C)(C)C)c(F)c3)n2)C=CCC1. The number of benzene rings is 1. The number of aromatic nitrogens is 1. The molecule has 1 N–H and O–H groups in total. The number of hydrogen-bond acceptors (Lipinski definition) is 5. The van der Waals surface area contributed by atoms with Crippen molar-refractivity contribution in [3.63, 3.8) is 0 Å². The lowest BCUT2D eigenvalue weighted by atomic mass is 10.0. The lowest BCUT2D eigenvalue weighted by Gasteiger charge is -2.19. The Morgan fingerprint density at radius 1 is 1.26 bits per heavy atom. The van der Waals surface area contributed by atoms with Crippen molar-refractivity contribution in [1.29, 1.82) is 0 Å². The third-order valence-electron chi connectivity index (χ3n) is 4.23. The van der Waals surface area contributed by atoms with Crippen LogP contribution in [0.3, 0.4) is 0 Å². The van der Waals surface area contributed by atoms with Gasteiger partial charge in [-0.05, 0) is 64.3 Å². The van der Waals surface area contributed by atoms with Gasteiger partial charge in [0.1, 0.15) is 17.2 Å². The second-order valence-electron chi connectivity index (χ2n) is 8.04. The lowest BCUT2D eigenvalue weighted by molar-refractivity contribution is 0.0635. The van der Waals surface area contributed by atoms with Gasteiger partial charge in [0, 0.05) is 17.0 Å². The molecule has 1 aliphatic carbocycles. The quantitative estimate of drug-likeness (QED) is 0.532. The molecule has 0 aliphatic heterocycles. The zero-order chi connectivity index (χ0) is 22.6. The van der Waals surface area contributed by atoms with E-state index in [2.05, 4.69) is 10.3 Å². The molecule has 1 amide bonds. The van der Waals surface area contributed by atoms with Crippen LogP contribution in [0.15, 0.2) is 53.2 Å². The van der Waals surface area contributed by atoms with Crippen LogP contribution in [0.25, 0.3) is 5.57 Å². The summed E-state index contributed by atoms with van der Waals surface area (Å²) in [6.45, 7) is 6.93.